The van der Waals surface area contributed by atoms with E-state index in [1.165, 1.54) is 0 Å². The Hall–Kier alpha value is -1.28. The highest BCUT2D eigenvalue weighted by Gasteiger charge is 2.49. The van der Waals surface area contributed by atoms with E-state index in [4.69, 9.17) is 13.9 Å². The normalized spacial score (nSPS) is 25.3. The Morgan fingerprint density at radius 3 is 1.78 bits per heavy atom. The molecule has 8 heteroatoms. The van der Waals surface area contributed by atoms with Crippen LogP contribution in [0.3, 0.4) is 0 Å². The number of carbonyl (C=O) groups is 2. The van der Waals surface area contributed by atoms with Crippen molar-refractivity contribution in [3.63, 3.8) is 0 Å². The van der Waals surface area contributed by atoms with Crippen LogP contribution < -0.4 is 0 Å². The maximum absolute atomic E-state index is 13.2. The number of hydrogen-bond donors (Lipinski definition) is 0. The summed E-state index contributed by atoms with van der Waals surface area (Å²) < 4.78 is 18.1. The number of rotatable bonds is 3. The molecule has 0 N–H and O–H groups in total. The molecule has 2 rings (SSSR count). The Bertz CT molecular complexity index is 690. The van der Waals surface area contributed by atoms with Gasteiger partial charge in [-0.2, -0.15) is 0 Å². The van der Waals surface area contributed by atoms with Crippen LogP contribution in [-0.2, 0) is 13.9 Å². The average molecular weight is 471 g/mol. The first kappa shape index (κ1) is 27.0. The monoisotopic (exact) mass is 470 g/mol. The van der Waals surface area contributed by atoms with E-state index in [9.17, 15) is 9.59 Å². The summed E-state index contributed by atoms with van der Waals surface area (Å²) in [6.07, 6.45) is 1.74. The topological polar surface area (TPSA) is 68.3 Å². The van der Waals surface area contributed by atoms with E-state index in [0.29, 0.717) is 19.5 Å². The van der Waals surface area contributed by atoms with Crippen molar-refractivity contribution in [1.82, 2.24) is 9.80 Å². The predicted octanol–water partition coefficient (Wildman–Crippen LogP) is 5.79. The van der Waals surface area contributed by atoms with Crippen molar-refractivity contribution in [2.45, 2.75) is 129 Å². The van der Waals surface area contributed by atoms with Crippen LogP contribution >= 0.6 is 0 Å². The summed E-state index contributed by atoms with van der Waals surface area (Å²) in [5, 5.41) is 0.0811. The smallest absolute Gasteiger partial charge is 0.410 e. The van der Waals surface area contributed by atoms with Crippen molar-refractivity contribution in [1.29, 1.82) is 0 Å². The first-order valence-corrected chi connectivity index (χ1v) is 14.9. The second-order valence-corrected chi connectivity index (χ2v) is 17.6. The van der Waals surface area contributed by atoms with Crippen molar-refractivity contribution in [2.24, 2.45) is 0 Å². The fourth-order valence-corrected chi connectivity index (χ4v) is 5.50. The van der Waals surface area contributed by atoms with Crippen molar-refractivity contribution in [3.8, 4) is 0 Å². The molecule has 0 bridgehead atoms. The Morgan fingerprint density at radius 1 is 0.812 bits per heavy atom. The lowest BCUT2D eigenvalue weighted by Crippen LogP contribution is -2.51. The molecular weight excluding hydrogens is 424 g/mol. The van der Waals surface area contributed by atoms with Gasteiger partial charge < -0.3 is 23.7 Å². The van der Waals surface area contributed by atoms with Crippen LogP contribution in [0.5, 0.6) is 0 Å². The molecule has 2 fully saturated rings. The molecule has 2 saturated heterocycles. The minimum atomic E-state index is -2.00. The van der Waals surface area contributed by atoms with Crippen LogP contribution in [-0.4, -0.2) is 72.8 Å². The molecule has 2 amide bonds. The lowest BCUT2D eigenvalue weighted by Gasteiger charge is -2.38. The number of nitrogens with zero attached hydrogens (tertiary/aromatic N) is 2. The fourth-order valence-electron chi connectivity index (χ4n) is 4.14. The summed E-state index contributed by atoms with van der Waals surface area (Å²) in [6.45, 7) is 23.5. The summed E-state index contributed by atoms with van der Waals surface area (Å²) in [4.78, 5) is 29.7. The van der Waals surface area contributed by atoms with Gasteiger partial charge in [0, 0.05) is 13.1 Å². The van der Waals surface area contributed by atoms with Gasteiger partial charge in [-0.3, -0.25) is 0 Å². The van der Waals surface area contributed by atoms with Crippen LogP contribution in [0.25, 0.3) is 0 Å². The number of ether oxygens (including phenoxy) is 2. The number of hydrogen-bond acceptors (Lipinski definition) is 5. The van der Waals surface area contributed by atoms with Gasteiger partial charge in [-0.25, -0.2) is 9.59 Å². The van der Waals surface area contributed by atoms with Gasteiger partial charge in [-0.15, -0.1) is 0 Å². The summed E-state index contributed by atoms with van der Waals surface area (Å²) >= 11 is 0. The average Bonchev–Trinajstić information content (AvgIpc) is 3.16. The van der Waals surface area contributed by atoms with Gasteiger partial charge in [-0.05, 0) is 78.9 Å². The standard InChI is InChI=1S/C24H46N2O5Si/c1-22(2,3)29-20(27)25-14-12-13-18(25)19-15-17(31-32(10,11)24(7,8)9)16-26(19)21(28)30-23(4,5)6/h17-19H,12-16H2,1-11H3/t17-,18?,19+/m1/s1. The summed E-state index contributed by atoms with van der Waals surface area (Å²) in [5.41, 5.74) is -1.14. The third-order valence-electron chi connectivity index (χ3n) is 6.57. The van der Waals surface area contributed by atoms with Gasteiger partial charge >= 0.3 is 12.2 Å². The minimum Gasteiger partial charge on any atom is -0.444 e. The first-order valence-electron chi connectivity index (χ1n) is 12.0. The summed E-state index contributed by atoms with van der Waals surface area (Å²) in [5.74, 6) is 0. The zero-order valence-electron chi connectivity index (χ0n) is 22.2. The molecule has 0 aromatic rings. The van der Waals surface area contributed by atoms with Gasteiger partial charge in [0.05, 0.1) is 18.2 Å². The highest BCUT2D eigenvalue weighted by atomic mass is 28.4. The van der Waals surface area contributed by atoms with Gasteiger partial charge in [0.25, 0.3) is 0 Å². The van der Waals surface area contributed by atoms with Crippen LogP contribution in [0, 0.1) is 0 Å². The van der Waals surface area contributed by atoms with Crippen LogP contribution in [0.1, 0.15) is 81.6 Å². The molecule has 2 aliphatic rings. The lowest BCUT2D eigenvalue weighted by molar-refractivity contribution is 0.00209. The van der Waals surface area contributed by atoms with Crippen LogP contribution in [0.15, 0.2) is 0 Å². The molecule has 0 aromatic carbocycles. The third-order valence-corrected chi connectivity index (χ3v) is 11.1. The molecule has 0 radical (unpaired) electrons. The minimum absolute atomic E-state index is 0.0607. The quantitative estimate of drug-likeness (QED) is 0.489. The van der Waals surface area contributed by atoms with E-state index in [0.717, 1.165) is 12.8 Å². The Morgan fingerprint density at radius 2 is 1.31 bits per heavy atom. The maximum atomic E-state index is 13.2. The first-order chi connectivity index (χ1) is 14.3. The zero-order valence-corrected chi connectivity index (χ0v) is 23.2. The molecule has 1 unspecified atom stereocenters. The van der Waals surface area contributed by atoms with Gasteiger partial charge in [-0.1, -0.05) is 20.8 Å². The maximum Gasteiger partial charge on any atom is 0.410 e. The molecule has 2 aliphatic heterocycles. The lowest BCUT2D eigenvalue weighted by atomic mass is 10.0. The molecule has 0 spiro atoms. The van der Waals surface area contributed by atoms with E-state index < -0.39 is 19.5 Å². The second kappa shape index (κ2) is 9.16. The molecule has 186 valence electrons. The second-order valence-electron chi connectivity index (χ2n) is 12.8. The zero-order chi connectivity index (χ0) is 24.7. The fraction of sp³-hybridized carbons (Fsp3) is 0.917. The molecule has 3 atom stereocenters. The largest absolute Gasteiger partial charge is 0.444 e. The molecular formula is C24H46N2O5Si. The molecule has 0 saturated carbocycles. The van der Waals surface area contributed by atoms with E-state index >= 15 is 0 Å². The summed E-state index contributed by atoms with van der Waals surface area (Å²) in [7, 11) is -2.00. The van der Waals surface area contributed by atoms with Crippen molar-refractivity contribution < 1.29 is 23.5 Å². The molecule has 7 nitrogen and oxygen atoms in total. The van der Waals surface area contributed by atoms with Crippen LogP contribution in [0.4, 0.5) is 9.59 Å². The Balaban J connectivity index is 2.27. The Labute approximate surface area is 196 Å². The highest BCUT2D eigenvalue weighted by molar-refractivity contribution is 6.74. The number of likely N-dealkylation sites (tertiary alicyclic amines) is 2. The SMILES string of the molecule is CC(C)(C)OC(=O)N1CCCC1[C@@H]1C[C@@H](O[Si](C)(C)C(C)(C)C)CN1C(=O)OC(C)(C)C. The molecule has 32 heavy (non-hydrogen) atoms. The highest BCUT2D eigenvalue weighted by Crippen LogP contribution is 2.40. The molecule has 0 aliphatic carbocycles. The number of amides is 2. The van der Waals surface area contributed by atoms with E-state index in [1.54, 1.807) is 4.90 Å². The van der Waals surface area contributed by atoms with E-state index in [1.807, 2.05) is 46.4 Å². The molecule has 2 heterocycles. The number of carbonyl (C=O) groups excluding carboxylic acids is 2. The Kier molecular flexibility index (Phi) is 7.72. The van der Waals surface area contributed by atoms with Gasteiger partial charge in [0.15, 0.2) is 8.32 Å². The predicted molar refractivity (Wildman–Crippen MR) is 129 cm³/mol. The van der Waals surface area contributed by atoms with E-state index in [2.05, 4.69) is 33.9 Å². The summed E-state index contributed by atoms with van der Waals surface area (Å²) in [6, 6.07) is -0.236. The third kappa shape index (κ3) is 6.86. The van der Waals surface area contributed by atoms with Crippen LogP contribution in [0.2, 0.25) is 18.1 Å². The van der Waals surface area contributed by atoms with Crippen molar-refractivity contribution >= 4 is 20.5 Å². The van der Waals surface area contributed by atoms with Crippen molar-refractivity contribution in [2.75, 3.05) is 13.1 Å². The van der Waals surface area contributed by atoms with E-state index in [-0.39, 0.29) is 35.4 Å². The van der Waals surface area contributed by atoms with Crippen molar-refractivity contribution in [3.05, 3.63) is 0 Å². The van der Waals surface area contributed by atoms with Gasteiger partial charge in [0.2, 0.25) is 0 Å². The van der Waals surface area contributed by atoms with Gasteiger partial charge in [0.1, 0.15) is 11.2 Å². The molecule has 0 aromatic heterocycles.